The van der Waals surface area contributed by atoms with E-state index in [-0.39, 0.29) is 17.4 Å². The molecule has 8 heteroatoms. The Hall–Kier alpha value is -4.04. The van der Waals surface area contributed by atoms with Crippen LogP contribution < -0.4 is 10.2 Å². The number of hydrogen-bond acceptors (Lipinski definition) is 4. The van der Waals surface area contributed by atoms with Gasteiger partial charge < -0.3 is 19.7 Å². The van der Waals surface area contributed by atoms with Crippen LogP contribution in [0.4, 0.5) is 10.1 Å². The van der Waals surface area contributed by atoms with Crippen molar-refractivity contribution in [3.05, 3.63) is 107 Å². The fourth-order valence-corrected chi connectivity index (χ4v) is 4.52. The number of aryl methyl sites for hydroxylation is 1. The van der Waals surface area contributed by atoms with Crippen molar-refractivity contribution in [1.82, 2.24) is 10.3 Å². The molecule has 1 aliphatic heterocycles. The van der Waals surface area contributed by atoms with Crippen LogP contribution in [0.3, 0.4) is 0 Å². The Labute approximate surface area is 200 Å². The molecule has 3 heterocycles. The first-order valence-corrected chi connectivity index (χ1v) is 11.0. The summed E-state index contributed by atoms with van der Waals surface area (Å²) in [5, 5.41) is 13.1. The highest BCUT2D eigenvalue weighted by atomic mass is 32.1. The average Bonchev–Trinajstić information content (AvgIpc) is 3.46. The largest absolute Gasteiger partial charge is 0.478 e. The number of halogens is 1. The minimum absolute atomic E-state index is 0.175. The van der Waals surface area contributed by atoms with E-state index in [1.54, 1.807) is 49.5 Å². The summed E-state index contributed by atoms with van der Waals surface area (Å²) < 4.78 is 20.2. The number of nitrogens with one attached hydrogen (secondary N) is 1. The molecule has 170 valence electrons. The van der Waals surface area contributed by atoms with E-state index in [0.717, 1.165) is 11.4 Å². The van der Waals surface area contributed by atoms with Gasteiger partial charge in [0.2, 0.25) is 0 Å². The minimum atomic E-state index is -1.01. The molecule has 2 aromatic heterocycles. The van der Waals surface area contributed by atoms with Crippen molar-refractivity contribution in [3.63, 3.8) is 0 Å². The number of rotatable bonds is 5. The first kappa shape index (κ1) is 21.8. The fourth-order valence-electron chi connectivity index (χ4n) is 4.17. The smallest absolute Gasteiger partial charge is 0.335 e. The van der Waals surface area contributed by atoms with Crippen molar-refractivity contribution in [2.75, 3.05) is 4.90 Å². The van der Waals surface area contributed by atoms with E-state index in [2.05, 4.69) is 10.3 Å². The van der Waals surface area contributed by atoms with Crippen molar-refractivity contribution >= 4 is 29.0 Å². The Kier molecular flexibility index (Phi) is 5.59. The molecule has 2 aromatic carbocycles. The summed E-state index contributed by atoms with van der Waals surface area (Å²) in [4.78, 5) is 17.8. The second-order valence-electron chi connectivity index (χ2n) is 8.02. The zero-order valence-corrected chi connectivity index (χ0v) is 18.9. The van der Waals surface area contributed by atoms with Gasteiger partial charge in [-0.05, 0) is 79.3 Å². The lowest BCUT2D eigenvalue weighted by atomic mass is 10.0. The van der Waals surface area contributed by atoms with Gasteiger partial charge >= 0.3 is 5.97 Å². The van der Waals surface area contributed by atoms with Gasteiger partial charge in [-0.2, -0.15) is 0 Å². The summed E-state index contributed by atoms with van der Waals surface area (Å²) in [6, 6.07) is 20.0. The van der Waals surface area contributed by atoms with Crippen LogP contribution in [0.2, 0.25) is 0 Å². The zero-order chi connectivity index (χ0) is 23.8. The van der Waals surface area contributed by atoms with E-state index in [4.69, 9.17) is 16.6 Å². The summed E-state index contributed by atoms with van der Waals surface area (Å²) in [6.45, 7) is 1.71. The first-order chi connectivity index (χ1) is 16.4. The van der Waals surface area contributed by atoms with Crippen LogP contribution in [-0.4, -0.2) is 21.2 Å². The molecule has 0 aliphatic carbocycles. The number of aromatic carboxylic acids is 1. The number of pyridine rings is 1. The van der Waals surface area contributed by atoms with Gasteiger partial charge in [0.1, 0.15) is 23.4 Å². The number of aromatic nitrogens is 1. The second-order valence-corrected chi connectivity index (χ2v) is 8.40. The number of carboxylic acids is 1. The van der Waals surface area contributed by atoms with Gasteiger partial charge in [-0.15, -0.1) is 0 Å². The van der Waals surface area contributed by atoms with Crippen LogP contribution >= 0.6 is 12.2 Å². The Morgan fingerprint density at radius 1 is 1.12 bits per heavy atom. The monoisotopic (exact) mass is 473 g/mol. The molecule has 2 atom stereocenters. The maximum Gasteiger partial charge on any atom is 0.335 e. The molecule has 4 aromatic rings. The number of furan rings is 1. The molecule has 0 amide bonds. The molecule has 1 fully saturated rings. The predicted molar refractivity (Wildman–Crippen MR) is 130 cm³/mol. The summed E-state index contributed by atoms with van der Waals surface area (Å²) in [6.07, 6.45) is 1.72. The molecule has 1 aliphatic rings. The molecule has 0 spiro atoms. The molecule has 6 nitrogen and oxygen atoms in total. The van der Waals surface area contributed by atoms with Crippen molar-refractivity contribution in [2.45, 2.75) is 19.0 Å². The highest BCUT2D eigenvalue weighted by molar-refractivity contribution is 7.80. The summed E-state index contributed by atoms with van der Waals surface area (Å²) >= 11 is 5.69. The van der Waals surface area contributed by atoms with Gasteiger partial charge in [0.25, 0.3) is 0 Å². The predicted octanol–water partition coefficient (Wildman–Crippen LogP) is 5.66. The molecule has 2 N–H and O–H groups in total. The van der Waals surface area contributed by atoms with Crippen LogP contribution in [0, 0.1) is 12.7 Å². The topological polar surface area (TPSA) is 78.6 Å². The second kappa shape index (κ2) is 8.72. The number of hydrogen-bond donors (Lipinski definition) is 2. The Balaban J connectivity index is 1.60. The van der Waals surface area contributed by atoms with Gasteiger partial charge in [-0.3, -0.25) is 4.98 Å². The van der Waals surface area contributed by atoms with E-state index in [0.29, 0.717) is 27.8 Å². The maximum atomic E-state index is 14.0. The number of benzene rings is 2. The third kappa shape index (κ3) is 3.92. The fraction of sp³-hybridized carbons (Fsp3) is 0.115. The molecule has 0 bridgehead atoms. The highest BCUT2D eigenvalue weighted by Gasteiger charge is 2.42. The van der Waals surface area contributed by atoms with E-state index < -0.39 is 12.0 Å². The summed E-state index contributed by atoms with van der Waals surface area (Å²) in [7, 11) is 0. The van der Waals surface area contributed by atoms with Crippen molar-refractivity contribution in [1.29, 1.82) is 0 Å². The van der Waals surface area contributed by atoms with Crippen LogP contribution in [-0.2, 0) is 0 Å². The van der Waals surface area contributed by atoms with Crippen molar-refractivity contribution < 1.29 is 18.7 Å². The summed E-state index contributed by atoms with van der Waals surface area (Å²) in [5.41, 5.74) is 2.84. The minimum Gasteiger partial charge on any atom is -0.478 e. The van der Waals surface area contributed by atoms with Crippen LogP contribution in [0.1, 0.15) is 39.5 Å². The van der Waals surface area contributed by atoms with Crippen molar-refractivity contribution in [2.24, 2.45) is 0 Å². The van der Waals surface area contributed by atoms with E-state index in [1.807, 2.05) is 29.2 Å². The number of thiocarbonyl (C=S) groups is 1. The van der Waals surface area contributed by atoms with Crippen molar-refractivity contribution in [3.8, 4) is 11.3 Å². The molecule has 1 saturated heterocycles. The number of carboxylic acid groups (broad SMARTS) is 1. The van der Waals surface area contributed by atoms with Gasteiger partial charge in [-0.25, -0.2) is 9.18 Å². The lowest BCUT2D eigenvalue weighted by Crippen LogP contribution is -2.29. The van der Waals surface area contributed by atoms with Crippen LogP contribution in [0.25, 0.3) is 11.3 Å². The van der Waals surface area contributed by atoms with Crippen LogP contribution in [0.15, 0.2) is 83.4 Å². The third-order valence-corrected chi connectivity index (χ3v) is 6.14. The maximum absolute atomic E-state index is 14.0. The van der Waals surface area contributed by atoms with Crippen LogP contribution in [0.5, 0.6) is 0 Å². The quantitative estimate of drug-likeness (QED) is 0.362. The molecule has 0 unspecified atom stereocenters. The molecule has 0 saturated carbocycles. The van der Waals surface area contributed by atoms with E-state index in [9.17, 15) is 14.3 Å². The Morgan fingerprint density at radius 2 is 1.97 bits per heavy atom. The lowest BCUT2D eigenvalue weighted by Gasteiger charge is -2.26. The SMILES string of the molecule is Cc1cc(N2C(=S)N[C@H](c3ccccn3)[C@H]2c2ccc(-c3cccc(C(=O)O)c3)o2)ccc1F. The molecular formula is C26H20FN3O3S. The zero-order valence-electron chi connectivity index (χ0n) is 18.1. The lowest BCUT2D eigenvalue weighted by molar-refractivity contribution is 0.0697. The Morgan fingerprint density at radius 3 is 2.71 bits per heavy atom. The highest BCUT2D eigenvalue weighted by Crippen LogP contribution is 2.43. The van der Waals surface area contributed by atoms with E-state index >= 15 is 0 Å². The summed E-state index contributed by atoms with van der Waals surface area (Å²) in [5.74, 6) is -0.156. The molecule has 0 radical (unpaired) electrons. The number of anilines is 1. The molecule has 5 rings (SSSR count). The van der Waals surface area contributed by atoms with Gasteiger partial charge in [-0.1, -0.05) is 18.2 Å². The standard InChI is InChI=1S/C26H20FN3O3S/c1-15-13-18(8-9-19(15)27)30-24(23(29-26(30)34)20-7-2-3-12-28-20)22-11-10-21(33-22)16-5-4-6-17(14-16)25(31)32/h2-14,23-24H,1H3,(H,29,34)(H,31,32)/t23-,24-/m1/s1. The van der Waals surface area contributed by atoms with Gasteiger partial charge in [0.05, 0.1) is 17.3 Å². The normalized spacial score (nSPS) is 17.6. The van der Waals surface area contributed by atoms with Gasteiger partial charge in [0, 0.05) is 17.4 Å². The van der Waals surface area contributed by atoms with Gasteiger partial charge in [0.15, 0.2) is 5.11 Å². The molecular weight excluding hydrogens is 453 g/mol. The first-order valence-electron chi connectivity index (χ1n) is 10.6. The Bertz CT molecular complexity index is 1390. The number of carbonyl (C=O) groups is 1. The molecule has 34 heavy (non-hydrogen) atoms. The third-order valence-electron chi connectivity index (χ3n) is 5.83. The number of nitrogens with zero attached hydrogens (tertiary/aromatic N) is 2. The average molecular weight is 474 g/mol. The van der Waals surface area contributed by atoms with E-state index in [1.165, 1.54) is 12.1 Å².